The number of ether oxygens (including phenoxy) is 1. The summed E-state index contributed by atoms with van der Waals surface area (Å²) < 4.78 is 10.8. The van der Waals surface area contributed by atoms with Crippen molar-refractivity contribution in [3.8, 4) is 5.75 Å². The Morgan fingerprint density at radius 3 is 2.48 bits per heavy atom. The van der Waals surface area contributed by atoms with E-state index in [0.717, 1.165) is 37.0 Å². The van der Waals surface area contributed by atoms with Crippen molar-refractivity contribution in [1.82, 2.24) is 15.5 Å². The van der Waals surface area contributed by atoms with E-state index in [9.17, 15) is 4.79 Å². The van der Waals surface area contributed by atoms with Gasteiger partial charge < -0.3 is 14.6 Å². The minimum atomic E-state index is -0.0307. The van der Waals surface area contributed by atoms with Gasteiger partial charge in [0.2, 0.25) is 11.7 Å². The first-order valence-corrected chi connectivity index (χ1v) is 9.92. The van der Waals surface area contributed by atoms with Crippen LogP contribution in [-0.4, -0.2) is 21.6 Å². The molecule has 4 fully saturated rings. The van der Waals surface area contributed by atoms with Gasteiger partial charge in [-0.25, -0.2) is 0 Å². The van der Waals surface area contributed by atoms with E-state index < -0.39 is 0 Å². The van der Waals surface area contributed by atoms with Gasteiger partial charge in [-0.3, -0.25) is 4.79 Å². The monoisotopic (exact) mass is 367 g/mol. The first-order chi connectivity index (χ1) is 13.1. The lowest BCUT2D eigenvalue weighted by Crippen LogP contribution is -2.59. The molecule has 4 aliphatic rings. The molecule has 0 spiro atoms. The molecule has 6 nitrogen and oxygen atoms in total. The zero-order valence-electron chi connectivity index (χ0n) is 15.6. The molecule has 4 bridgehead atoms. The number of aryl methyl sites for hydroxylation is 1. The second-order valence-electron chi connectivity index (χ2n) is 8.67. The van der Waals surface area contributed by atoms with Gasteiger partial charge in [0.1, 0.15) is 5.75 Å². The molecule has 1 heterocycles. The summed E-state index contributed by atoms with van der Waals surface area (Å²) in [4.78, 5) is 17.3. The van der Waals surface area contributed by atoms with Crippen LogP contribution < -0.4 is 10.1 Å². The van der Waals surface area contributed by atoms with Gasteiger partial charge in [0.05, 0.1) is 5.56 Å². The van der Waals surface area contributed by atoms with Gasteiger partial charge in [-0.05, 0) is 68.4 Å². The zero-order chi connectivity index (χ0) is 18.4. The largest absolute Gasteiger partial charge is 0.485 e. The summed E-state index contributed by atoms with van der Waals surface area (Å²) in [5.41, 5.74) is 0.567. The number of carbonyl (C=O) groups excluding carboxylic acids is 1. The van der Waals surface area contributed by atoms with Crippen LogP contribution >= 0.6 is 0 Å². The summed E-state index contributed by atoms with van der Waals surface area (Å²) >= 11 is 0. The Labute approximate surface area is 158 Å². The highest BCUT2D eigenvalue weighted by Crippen LogP contribution is 2.55. The van der Waals surface area contributed by atoms with Crippen molar-refractivity contribution in [3.05, 3.63) is 41.5 Å². The minimum absolute atomic E-state index is 0.0102. The maximum Gasteiger partial charge on any atom is 0.255 e. The molecule has 27 heavy (non-hydrogen) atoms. The van der Waals surface area contributed by atoms with Crippen molar-refractivity contribution in [2.45, 2.75) is 57.6 Å². The second kappa shape index (κ2) is 6.36. The van der Waals surface area contributed by atoms with E-state index in [-0.39, 0.29) is 18.1 Å². The molecule has 1 aromatic carbocycles. The molecule has 0 unspecified atom stereocenters. The fourth-order valence-corrected chi connectivity index (χ4v) is 5.89. The highest BCUT2D eigenvalue weighted by molar-refractivity contribution is 5.97. The summed E-state index contributed by atoms with van der Waals surface area (Å²) in [6, 6.07) is 7.40. The Hall–Kier alpha value is -2.37. The Balaban J connectivity index is 1.32. The zero-order valence-corrected chi connectivity index (χ0v) is 15.6. The van der Waals surface area contributed by atoms with Gasteiger partial charge in [0.15, 0.2) is 6.61 Å². The predicted molar refractivity (Wildman–Crippen MR) is 98.2 cm³/mol. The predicted octanol–water partition coefficient (Wildman–Crippen LogP) is 3.66. The lowest BCUT2D eigenvalue weighted by Gasteiger charge is -2.56. The molecule has 0 saturated heterocycles. The SMILES string of the molecule is Cc1nc(COc2ccccc2C(=O)NC23CC4CC(CC(C4)C2)C3)no1. The Kier molecular flexibility index (Phi) is 3.95. The number of carbonyl (C=O) groups is 1. The van der Waals surface area contributed by atoms with E-state index in [1.54, 1.807) is 6.92 Å². The van der Waals surface area contributed by atoms with Crippen LogP contribution in [0.2, 0.25) is 0 Å². The van der Waals surface area contributed by atoms with E-state index in [1.165, 1.54) is 19.3 Å². The molecule has 6 rings (SSSR count). The summed E-state index contributed by atoms with van der Waals surface area (Å²) in [5, 5.41) is 7.26. The Bertz CT molecular complexity index is 825. The van der Waals surface area contributed by atoms with Crippen LogP contribution in [0.3, 0.4) is 0 Å². The van der Waals surface area contributed by atoms with E-state index >= 15 is 0 Å². The molecule has 0 atom stereocenters. The Morgan fingerprint density at radius 2 is 1.85 bits per heavy atom. The van der Waals surface area contributed by atoms with Gasteiger partial charge in [-0.2, -0.15) is 4.98 Å². The van der Waals surface area contributed by atoms with E-state index in [2.05, 4.69) is 15.5 Å². The quantitative estimate of drug-likeness (QED) is 0.873. The van der Waals surface area contributed by atoms with E-state index in [1.807, 2.05) is 24.3 Å². The maximum atomic E-state index is 13.1. The third-order valence-corrected chi connectivity index (χ3v) is 6.48. The molecular weight excluding hydrogens is 342 g/mol. The first kappa shape index (κ1) is 16.8. The maximum absolute atomic E-state index is 13.1. The van der Waals surface area contributed by atoms with Gasteiger partial charge in [0.25, 0.3) is 5.91 Å². The molecular formula is C21H25N3O3. The van der Waals surface area contributed by atoms with Crippen molar-refractivity contribution in [3.63, 3.8) is 0 Å². The number of aromatic nitrogens is 2. The fourth-order valence-electron chi connectivity index (χ4n) is 5.89. The highest BCUT2D eigenvalue weighted by atomic mass is 16.5. The van der Waals surface area contributed by atoms with Crippen LogP contribution in [0.5, 0.6) is 5.75 Å². The van der Waals surface area contributed by atoms with Gasteiger partial charge in [-0.15, -0.1) is 0 Å². The summed E-state index contributed by atoms with van der Waals surface area (Å²) in [5.74, 6) is 3.89. The normalized spacial score (nSPS) is 31.1. The average Bonchev–Trinajstić information content (AvgIpc) is 3.04. The lowest BCUT2D eigenvalue weighted by atomic mass is 9.53. The third kappa shape index (κ3) is 3.22. The van der Waals surface area contributed by atoms with Gasteiger partial charge in [-0.1, -0.05) is 17.3 Å². The molecule has 0 radical (unpaired) electrons. The first-order valence-electron chi connectivity index (χ1n) is 9.92. The number of nitrogens with one attached hydrogen (secondary N) is 1. The topological polar surface area (TPSA) is 77.2 Å². The summed E-state index contributed by atoms with van der Waals surface area (Å²) in [6.07, 6.45) is 7.48. The summed E-state index contributed by atoms with van der Waals surface area (Å²) in [6.45, 7) is 1.92. The number of amides is 1. The van der Waals surface area contributed by atoms with Gasteiger partial charge in [0, 0.05) is 12.5 Å². The van der Waals surface area contributed by atoms with Crippen LogP contribution in [0, 0.1) is 24.7 Å². The van der Waals surface area contributed by atoms with Crippen molar-refractivity contribution in [1.29, 1.82) is 0 Å². The van der Waals surface area contributed by atoms with Crippen molar-refractivity contribution < 1.29 is 14.1 Å². The Morgan fingerprint density at radius 1 is 1.19 bits per heavy atom. The average molecular weight is 367 g/mol. The molecule has 1 amide bonds. The number of benzene rings is 1. The molecule has 1 N–H and O–H groups in total. The standard InChI is InChI=1S/C21H25N3O3/c1-13-22-19(24-27-13)12-26-18-5-3-2-4-17(18)20(25)23-21-9-14-6-15(10-21)8-16(7-14)11-21/h2-5,14-16H,6-12H2,1H3,(H,23,25). The number of para-hydroxylation sites is 1. The molecule has 4 aliphatic carbocycles. The number of nitrogens with zero attached hydrogens (tertiary/aromatic N) is 2. The number of hydrogen-bond donors (Lipinski definition) is 1. The van der Waals surface area contributed by atoms with Crippen LogP contribution in [0.4, 0.5) is 0 Å². The summed E-state index contributed by atoms with van der Waals surface area (Å²) in [7, 11) is 0. The molecule has 2 aromatic rings. The number of hydrogen-bond acceptors (Lipinski definition) is 5. The molecule has 0 aliphatic heterocycles. The van der Waals surface area contributed by atoms with Crippen LogP contribution in [0.25, 0.3) is 0 Å². The molecule has 4 saturated carbocycles. The van der Waals surface area contributed by atoms with Crippen LogP contribution in [0.15, 0.2) is 28.8 Å². The molecule has 142 valence electrons. The minimum Gasteiger partial charge on any atom is -0.485 e. The van der Waals surface area contributed by atoms with Crippen molar-refractivity contribution >= 4 is 5.91 Å². The fraction of sp³-hybridized carbons (Fsp3) is 0.571. The van der Waals surface area contributed by atoms with Gasteiger partial charge >= 0.3 is 0 Å². The van der Waals surface area contributed by atoms with Crippen molar-refractivity contribution in [2.75, 3.05) is 0 Å². The highest BCUT2D eigenvalue weighted by Gasteiger charge is 2.51. The van der Waals surface area contributed by atoms with Crippen molar-refractivity contribution in [2.24, 2.45) is 17.8 Å². The van der Waals surface area contributed by atoms with E-state index in [0.29, 0.717) is 23.0 Å². The molecule has 1 aromatic heterocycles. The van der Waals surface area contributed by atoms with E-state index in [4.69, 9.17) is 9.26 Å². The molecule has 6 heteroatoms. The lowest BCUT2D eigenvalue weighted by molar-refractivity contribution is -0.0167. The third-order valence-electron chi connectivity index (χ3n) is 6.48. The number of rotatable bonds is 5. The van der Waals surface area contributed by atoms with Crippen LogP contribution in [-0.2, 0) is 6.61 Å². The smallest absolute Gasteiger partial charge is 0.255 e. The van der Waals surface area contributed by atoms with Crippen LogP contribution in [0.1, 0.15) is 60.6 Å². The second-order valence-corrected chi connectivity index (χ2v) is 8.67.